The maximum Gasteiger partial charge on any atom is 0.123 e. The zero-order valence-electron chi connectivity index (χ0n) is 12.7. The van der Waals surface area contributed by atoms with Crippen molar-refractivity contribution in [1.29, 1.82) is 0 Å². The molecule has 2 aromatic carbocycles. The second-order valence-corrected chi connectivity index (χ2v) is 5.62. The molecule has 0 aliphatic rings. The highest BCUT2D eigenvalue weighted by Gasteiger charge is 2.18. The lowest BCUT2D eigenvalue weighted by molar-refractivity contribution is 0.0877. The van der Waals surface area contributed by atoms with Gasteiger partial charge in [0.05, 0.1) is 6.10 Å². The van der Waals surface area contributed by atoms with Crippen LogP contribution in [0, 0.1) is 11.6 Å². The maximum absolute atomic E-state index is 12.9. The lowest BCUT2D eigenvalue weighted by atomic mass is 10.0. The first-order chi connectivity index (χ1) is 10.9. The molecule has 5 N–H and O–H groups in total. The van der Waals surface area contributed by atoms with Crippen molar-refractivity contribution in [1.82, 2.24) is 5.01 Å². The fraction of sp³-hybridized carbons (Fsp3) is 0.294. The van der Waals surface area contributed by atoms with Gasteiger partial charge in [-0.3, -0.25) is 5.84 Å². The van der Waals surface area contributed by atoms with E-state index in [0.29, 0.717) is 13.0 Å². The highest BCUT2D eigenvalue weighted by Crippen LogP contribution is 2.09. The van der Waals surface area contributed by atoms with Crippen molar-refractivity contribution in [3.63, 3.8) is 0 Å². The molecule has 0 spiro atoms. The normalized spacial score (nSPS) is 14.0. The van der Waals surface area contributed by atoms with E-state index in [0.717, 1.165) is 11.1 Å². The van der Waals surface area contributed by atoms with E-state index in [9.17, 15) is 13.9 Å². The van der Waals surface area contributed by atoms with Gasteiger partial charge >= 0.3 is 0 Å². The monoisotopic (exact) mass is 321 g/mol. The summed E-state index contributed by atoms with van der Waals surface area (Å²) in [5, 5.41) is 11.6. The summed E-state index contributed by atoms with van der Waals surface area (Å²) < 4.78 is 25.7. The number of hydrazine groups is 1. The number of hydrogen-bond donors (Lipinski definition) is 3. The third-order valence-electron chi connectivity index (χ3n) is 3.60. The Morgan fingerprint density at radius 3 is 1.91 bits per heavy atom. The van der Waals surface area contributed by atoms with Crippen molar-refractivity contribution in [3.05, 3.63) is 71.3 Å². The van der Waals surface area contributed by atoms with Gasteiger partial charge in [-0.1, -0.05) is 24.3 Å². The van der Waals surface area contributed by atoms with Crippen LogP contribution in [0.1, 0.15) is 11.1 Å². The number of hydrogen-bond acceptors (Lipinski definition) is 4. The van der Waals surface area contributed by atoms with E-state index in [1.807, 2.05) is 0 Å². The minimum absolute atomic E-state index is 0.180. The summed E-state index contributed by atoms with van der Waals surface area (Å²) in [6.07, 6.45) is -0.406. The van der Waals surface area contributed by atoms with E-state index >= 15 is 0 Å². The standard InChI is InChI=1S/C17H21F2N3O/c18-14-5-1-12(2-6-14)9-16(20)17(23)11-22(21)10-13-3-7-15(19)8-4-13/h1-8,16-17,23H,9-11,20-21H2/t16?,17-/m0/s1. The van der Waals surface area contributed by atoms with Crippen LogP contribution >= 0.6 is 0 Å². The second kappa shape index (κ2) is 8.12. The molecule has 0 bridgehead atoms. The van der Waals surface area contributed by atoms with Gasteiger partial charge in [-0.2, -0.15) is 0 Å². The molecular formula is C17H21F2N3O. The molecule has 124 valence electrons. The van der Waals surface area contributed by atoms with E-state index < -0.39 is 12.1 Å². The predicted octanol–water partition coefficient (Wildman–Crippen LogP) is 1.57. The Morgan fingerprint density at radius 2 is 1.39 bits per heavy atom. The van der Waals surface area contributed by atoms with Gasteiger partial charge in [-0.05, 0) is 41.8 Å². The zero-order valence-corrected chi connectivity index (χ0v) is 12.7. The first-order valence-corrected chi connectivity index (χ1v) is 7.36. The van der Waals surface area contributed by atoms with Gasteiger partial charge in [0.25, 0.3) is 0 Å². The third-order valence-corrected chi connectivity index (χ3v) is 3.60. The molecule has 0 radical (unpaired) electrons. The lowest BCUT2D eigenvalue weighted by Crippen LogP contribution is -2.46. The lowest BCUT2D eigenvalue weighted by Gasteiger charge is -2.24. The van der Waals surface area contributed by atoms with E-state index in [-0.39, 0.29) is 18.2 Å². The summed E-state index contributed by atoms with van der Waals surface area (Å²) in [7, 11) is 0. The van der Waals surface area contributed by atoms with E-state index in [4.69, 9.17) is 11.6 Å². The average Bonchev–Trinajstić information content (AvgIpc) is 2.51. The first kappa shape index (κ1) is 17.5. The van der Waals surface area contributed by atoms with Crippen molar-refractivity contribution < 1.29 is 13.9 Å². The Kier molecular flexibility index (Phi) is 6.18. The topological polar surface area (TPSA) is 75.5 Å². The van der Waals surface area contributed by atoms with Gasteiger partial charge < -0.3 is 10.8 Å². The molecule has 0 amide bonds. The van der Waals surface area contributed by atoms with Crippen LogP contribution in [-0.2, 0) is 13.0 Å². The Hall–Kier alpha value is -1.86. The average molecular weight is 321 g/mol. The van der Waals surface area contributed by atoms with Gasteiger partial charge in [-0.25, -0.2) is 13.8 Å². The number of rotatable bonds is 7. The van der Waals surface area contributed by atoms with Crippen LogP contribution in [-0.4, -0.2) is 28.8 Å². The van der Waals surface area contributed by atoms with Crippen molar-refractivity contribution >= 4 is 0 Å². The SMILES string of the molecule is NC(Cc1ccc(F)cc1)[C@@H](O)CN(N)Cc1ccc(F)cc1. The van der Waals surface area contributed by atoms with Crippen molar-refractivity contribution in [2.45, 2.75) is 25.1 Å². The molecule has 0 aliphatic heterocycles. The van der Waals surface area contributed by atoms with E-state index in [2.05, 4.69) is 0 Å². The number of nitrogens with two attached hydrogens (primary N) is 2. The molecule has 4 nitrogen and oxygen atoms in total. The number of benzene rings is 2. The van der Waals surface area contributed by atoms with Crippen molar-refractivity contribution in [3.8, 4) is 0 Å². The van der Waals surface area contributed by atoms with Crippen LogP contribution in [0.2, 0.25) is 0 Å². The highest BCUT2D eigenvalue weighted by molar-refractivity contribution is 5.18. The zero-order chi connectivity index (χ0) is 16.8. The van der Waals surface area contributed by atoms with E-state index in [1.165, 1.54) is 29.3 Å². The largest absolute Gasteiger partial charge is 0.390 e. The predicted molar refractivity (Wildman–Crippen MR) is 85.1 cm³/mol. The van der Waals surface area contributed by atoms with Crippen LogP contribution in [0.25, 0.3) is 0 Å². The van der Waals surface area contributed by atoms with Gasteiger partial charge in [-0.15, -0.1) is 0 Å². The quantitative estimate of drug-likeness (QED) is 0.534. The number of halogens is 2. The summed E-state index contributed by atoms with van der Waals surface area (Å²) in [5.41, 5.74) is 7.66. The fourth-order valence-corrected chi connectivity index (χ4v) is 2.29. The molecular weight excluding hydrogens is 300 g/mol. The van der Waals surface area contributed by atoms with Gasteiger partial charge in [0.2, 0.25) is 0 Å². The van der Waals surface area contributed by atoms with Crippen LogP contribution in [0.4, 0.5) is 8.78 Å². The molecule has 6 heteroatoms. The minimum atomic E-state index is -0.828. The summed E-state index contributed by atoms with van der Waals surface area (Å²) in [6, 6.07) is 11.5. The molecule has 0 saturated heterocycles. The molecule has 23 heavy (non-hydrogen) atoms. The maximum atomic E-state index is 12.9. The van der Waals surface area contributed by atoms with Crippen molar-refractivity contribution in [2.75, 3.05) is 6.54 Å². The van der Waals surface area contributed by atoms with Gasteiger partial charge in [0.1, 0.15) is 11.6 Å². The summed E-state index contributed by atoms with van der Waals surface area (Å²) in [5.74, 6) is 5.25. The Balaban J connectivity index is 1.83. The third kappa shape index (κ3) is 5.69. The molecule has 2 rings (SSSR count). The smallest absolute Gasteiger partial charge is 0.123 e. The van der Waals surface area contributed by atoms with Gasteiger partial charge in [0, 0.05) is 19.1 Å². The Morgan fingerprint density at radius 1 is 0.913 bits per heavy atom. The molecule has 2 aromatic rings. The van der Waals surface area contributed by atoms with Crippen molar-refractivity contribution in [2.24, 2.45) is 11.6 Å². The molecule has 0 aromatic heterocycles. The molecule has 0 aliphatic carbocycles. The van der Waals surface area contributed by atoms with Crippen LogP contribution in [0.15, 0.2) is 48.5 Å². The number of aliphatic hydroxyl groups excluding tert-OH is 1. The molecule has 0 saturated carbocycles. The fourth-order valence-electron chi connectivity index (χ4n) is 2.29. The Bertz CT molecular complexity index is 604. The summed E-state index contributed by atoms with van der Waals surface area (Å²) in [6.45, 7) is 0.556. The molecule has 1 unspecified atom stereocenters. The molecule has 0 heterocycles. The van der Waals surface area contributed by atoms with Gasteiger partial charge in [0.15, 0.2) is 0 Å². The Labute approximate surface area is 134 Å². The molecule has 2 atom stereocenters. The van der Waals surface area contributed by atoms with Crippen LogP contribution in [0.5, 0.6) is 0 Å². The molecule has 0 fully saturated rings. The first-order valence-electron chi connectivity index (χ1n) is 7.36. The number of aliphatic hydroxyl groups is 1. The highest BCUT2D eigenvalue weighted by atomic mass is 19.1. The number of nitrogens with zero attached hydrogens (tertiary/aromatic N) is 1. The van der Waals surface area contributed by atoms with E-state index in [1.54, 1.807) is 24.3 Å². The minimum Gasteiger partial charge on any atom is -0.390 e. The van der Waals surface area contributed by atoms with Crippen LogP contribution in [0.3, 0.4) is 0 Å². The van der Waals surface area contributed by atoms with Crippen LogP contribution < -0.4 is 11.6 Å². The summed E-state index contributed by atoms with van der Waals surface area (Å²) in [4.78, 5) is 0. The second-order valence-electron chi connectivity index (χ2n) is 5.62. The summed E-state index contributed by atoms with van der Waals surface area (Å²) >= 11 is 0.